The SMILES string of the molecule is CCC(NC(=O)CC(C)N)c1nc(C(F)(F)F)cs1.Cl. The predicted molar refractivity (Wildman–Crippen MR) is 73.8 cm³/mol. The number of carbonyl (C=O) groups is 1. The van der Waals surface area contributed by atoms with Crippen LogP contribution in [0.25, 0.3) is 0 Å². The van der Waals surface area contributed by atoms with Gasteiger partial charge in [0.05, 0.1) is 6.04 Å². The second-order valence-corrected chi connectivity index (χ2v) is 5.17. The summed E-state index contributed by atoms with van der Waals surface area (Å²) in [5.41, 5.74) is 4.56. The fourth-order valence-electron chi connectivity index (χ4n) is 1.46. The van der Waals surface area contributed by atoms with Crippen molar-refractivity contribution in [3.8, 4) is 0 Å². The number of nitrogens with two attached hydrogens (primary N) is 1. The number of amides is 1. The summed E-state index contributed by atoms with van der Waals surface area (Å²) in [6, 6.07) is -0.799. The van der Waals surface area contributed by atoms with Crippen molar-refractivity contribution in [1.29, 1.82) is 0 Å². The Morgan fingerprint density at radius 2 is 2.15 bits per heavy atom. The van der Waals surface area contributed by atoms with Crippen LogP contribution in [0.15, 0.2) is 5.38 Å². The normalized spacial score (nSPS) is 14.3. The van der Waals surface area contributed by atoms with Gasteiger partial charge in [0.25, 0.3) is 0 Å². The maximum Gasteiger partial charge on any atom is 0.434 e. The number of alkyl halides is 3. The van der Waals surface area contributed by atoms with Gasteiger partial charge in [0.15, 0.2) is 5.69 Å². The molecule has 1 aromatic heterocycles. The molecule has 0 aliphatic heterocycles. The molecule has 1 aromatic rings. The number of carbonyl (C=O) groups excluding carboxylic acids is 1. The van der Waals surface area contributed by atoms with E-state index in [9.17, 15) is 18.0 Å². The smallest absolute Gasteiger partial charge is 0.347 e. The Bertz CT molecular complexity index is 437. The average molecular weight is 332 g/mol. The van der Waals surface area contributed by atoms with Crippen LogP contribution in [0.3, 0.4) is 0 Å². The van der Waals surface area contributed by atoms with Crippen molar-refractivity contribution in [2.45, 2.75) is 44.9 Å². The summed E-state index contributed by atoms with van der Waals surface area (Å²) < 4.78 is 37.3. The maximum absolute atomic E-state index is 12.4. The van der Waals surface area contributed by atoms with E-state index >= 15 is 0 Å². The van der Waals surface area contributed by atoms with Gasteiger partial charge < -0.3 is 11.1 Å². The maximum atomic E-state index is 12.4. The Morgan fingerprint density at radius 3 is 2.55 bits per heavy atom. The van der Waals surface area contributed by atoms with Gasteiger partial charge in [-0.1, -0.05) is 6.92 Å². The Kier molecular flexibility index (Phi) is 7.46. The molecule has 0 aliphatic rings. The van der Waals surface area contributed by atoms with Crippen molar-refractivity contribution in [2.24, 2.45) is 5.73 Å². The van der Waals surface area contributed by atoms with Crippen LogP contribution in [-0.4, -0.2) is 16.9 Å². The Morgan fingerprint density at radius 1 is 1.55 bits per heavy atom. The topological polar surface area (TPSA) is 68.0 Å². The van der Waals surface area contributed by atoms with Crippen LogP contribution in [0.5, 0.6) is 0 Å². The fraction of sp³-hybridized carbons (Fsp3) is 0.636. The van der Waals surface area contributed by atoms with Gasteiger partial charge in [-0.25, -0.2) is 4.98 Å². The first-order chi connectivity index (χ1) is 8.74. The highest BCUT2D eigenvalue weighted by Gasteiger charge is 2.34. The lowest BCUT2D eigenvalue weighted by atomic mass is 10.2. The molecule has 0 saturated heterocycles. The van der Waals surface area contributed by atoms with E-state index in [-0.39, 0.29) is 35.8 Å². The van der Waals surface area contributed by atoms with E-state index in [1.165, 1.54) is 0 Å². The molecule has 2 atom stereocenters. The van der Waals surface area contributed by atoms with Crippen LogP contribution < -0.4 is 11.1 Å². The van der Waals surface area contributed by atoms with Gasteiger partial charge in [0, 0.05) is 17.8 Å². The van der Waals surface area contributed by atoms with Crippen LogP contribution in [0, 0.1) is 0 Å². The number of aromatic nitrogens is 1. The van der Waals surface area contributed by atoms with Gasteiger partial charge in [-0.05, 0) is 13.3 Å². The number of nitrogens with zero attached hydrogens (tertiary/aromatic N) is 1. The van der Waals surface area contributed by atoms with E-state index in [4.69, 9.17) is 5.73 Å². The minimum Gasteiger partial charge on any atom is -0.347 e. The van der Waals surface area contributed by atoms with Gasteiger partial charge in [-0.15, -0.1) is 23.7 Å². The van der Waals surface area contributed by atoms with E-state index < -0.39 is 17.9 Å². The third-order valence-corrected chi connectivity index (χ3v) is 3.32. The van der Waals surface area contributed by atoms with Crippen molar-refractivity contribution < 1.29 is 18.0 Å². The van der Waals surface area contributed by atoms with Crippen LogP contribution in [0.2, 0.25) is 0 Å². The molecular weight excluding hydrogens is 315 g/mol. The van der Waals surface area contributed by atoms with Gasteiger partial charge in [-0.2, -0.15) is 13.2 Å². The van der Waals surface area contributed by atoms with Crippen molar-refractivity contribution in [1.82, 2.24) is 10.3 Å². The van der Waals surface area contributed by atoms with E-state index in [1.54, 1.807) is 13.8 Å². The van der Waals surface area contributed by atoms with Gasteiger partial charge >= 0.3 is 6.18 Å². The van der Waals surface area contributed by atoms with E-state index in [0.717, 1.165) is 16.7 Å². The zero-order chi connectivity index (χ0) is 14.6. The Labute approximate surface area is 125 Å². The number of hydrogen-bond donors (Lipinski definition) is 2. The standard InChI is InChI=1S/C11H16F3N3OS.ClH/c1-3-7(16-9(18)4-6(2)15)10-17-8(5-19-10)11(12,13)14;/h5-7H,3-4,15H2,1-2H3,(H,16,18);1H. The molecule has 9 heteroatoms. The Hall–Kier alpha value is -0.860. The molecule has 116 valence electrons. The lowest BCUT2D eigenvalue weighted by molar-refractivity contribution is -0.140. The van der Waals surface area contributed by atoms with Gasteiger partial charge in [0.1, 0.15) is 5.01 Å². The molecule has 0 spiro atoms. The summed E-state index contributed by atoms with van der Waals surface area (Å²) in [6.07, 6.45) is -3.85. The van der Waals surface area contributed by atoms with Crippen LogP contribution >= 0.6 is 23.7 Å². The molecule has 4 nitrogen and oxygen atoms in total. The molecule has 0 aliphatic carbocycles. The molecule has 2 unspecified atom stereocenters. The minimum absolute atomic E-state index is 0. The number of rotatable bonds is 5. The monoisotopic (exact) mass is 331 g/mol. The van der Waals surface area contributed by atoms with E-state index in [0.29, 0.717) is 6.42 Å². The van der Waals surface area contributed by atoms with E-state index in [1.807, 2.05) is 0 Å². The molecule has 1 rings (SSSR count). The molecule has 0 radical (unpaired) electrons. The summed E-state index contributed by atoms with van der Waals surface area (Å²) in [5.74, 6) is -0.286. The summed E-state index contributed by atoms with van der Waals surface area (Å²) in [6.45, 7) is 3.46. The summed E-state index contributed by atoms with van der Waals surface area (Å²) in [7, 11) is 0. The zero-order valence-corrected chi connectivity index (χ0v) is 12.7. The zero-order valence-electron chi connectivity index (χ0n) is 11.0. The highest BCUT2D eigenvalue weighted by atomic mass is 35.5. The second-order valence-electron chi connectivity index (χ2n) is 4.28. The molecule has 20 heavy (non-hydrogen) atoms. The summed E-state index contributed by atoms with van der Waals surface area (Å²) >= 11 is 0.893. The van der Waals surface area contributed by atoms with Crippen molar-refractivity contribution in [3.05, 3.63) is 16.1 Å². The van der Waals surface area contributed by atoms with Crippen LogP contribution in [-0.2, 0) is 11.0 Å². The quantitative estimate of drug-likeness (QED) is 0.871. The van der Waals surface area contributed by atoms with Crippen LogP contribution in [0.1, 0.15) is 43.4 Å². The third-order valence-electron chi connectivity index (χ3n) is 2.36. The first-order valence-electron chi connectivity index (χ1n) is 5.81. The molecule has 0 fully saturated rings. The molecular formula is C11H17ClF3N3OS. The molecule has 0 aromatic carbocycles. The predicted octanol–water partition coefficient (Wildman–Crippen LogP) is 2.89. The summed E-state index contributed by atoms with van der Waals surface area (Å²) in [5, 5.41) is 3.85. The van der Waals surface area contributed by atoms with Crippen molar-refractivity contribution in [3.63, 3.8) is 0 Å². The van der Waals surface area contributed by atoms with Crippen molar-refractivity contribution >= 4 is 29.7 Å². The molecule has 0 saturated carbocycles. The lowest BCUT2D eigenvalue weighted by Gasteiger charge is -2.15. The van der Waals surface area contributed by atoms with E-state index in [2.05, 4.69) is 10.3 Å². The largest absolute Gasteiger partial charge is 0.434 e. The summed E-state index contributed by atoms with van der Waals surface area (Å²) in [4.78, 5) is 15.1. The van der Waals surface area contributed by atoms with Gasteiger partial charge in [0.2, 0.25) is 5.91 Å². The number of halogens is 4. The lowest BCUT2D eigenvalue weighted by Crippen LogP contribution is -2.32. The number of hydrogen-bond acceptors (Lipinski definition) is 4. The molecule has 1 heterocycles. The minimum atomic E-state index is -4.46. The highest BCUT2D eigenvalue weighted by molar-refractivity contribution is 7.09. The third kappa shape index (κ3) is 5.64. The molecule has 0 bridgehead atoms. The first-order valence-corrected chi connectivity index (χ1v) is 6.69. The van der Waals surface area contributed by atoms with Crippen molar-refractivity contribution in [2.75, 3.05) is 0 Å². The fourth-order valence-corrected chi connectivity index (χ4v) is 2.42. The highest BCUT2D eigenvalue weighted by Crippen LogP contribution is 2.32. The average Bonchev–Trinajstić information content (AvgIpc) is 2.73. The molecule has 3 N–H and O–H groups in total. The number of nitrogens with one attached hydrogen (secondary N) is 1. The van der Waals surface area contributed by atoms with Gasteiger partial charge in [-0.3, -0.25) is 4.79 Å². The molecule has 1 amide bonds. The number of thiazole rings is 1. The first kappa shape index (κ1) is 19.1. The van der Waals surface area contributed by atoms with Crippen LogP contribution in [0.4, 0.5) is 13.2 Å². The second kappa shape index (κ2) is 7.80. The Balaban J connectivity index is 0.00000361.